The van der Waals surface area contributed by atoms with Crippen molar-refractivity contribution in [3.63, 3.8) is 0 Å². The molecule has 1 amide bonds. The van der Waals surface area contributed by atoms with Gasteiger partial charge in [0.1, 0.15) is 0 Å². The summed E-state index contributed by atoms with van der Waals surface area (Å²) < 4.78 is 6.83. The molecular weight excluding hydrogens is 404 g/mol. The number of rotatable bonds is 7. The van der Waals surface area contributed by atoms with Crippen molar-refractivity contribution in [3.05, 3.63) is 64.5 Å². The maximum absolute atomic E-state index is 12.2. The molecule has 6 nitrogen and oxygen atoms in total. The number of aryl methyl sites for hydroxylation is 4. The van der Waals surface area contributed by atoms with E-state index < -0.39 is 0 Å². The van der Waals surface area contributed by atoms with Crippen LogP contribution in [0.15, 0.2) is 52.1 Å². The Morgan fingerprint density at radius 2 is 1.97 bits per heavy atom. The van der Waals surface area contributed by atoms with Crippen LogP contribution in [-0.4, -0.2) is 26.8 Å². The molecule has 2 aromatic carbocycles. The molecule has 4 aromatic rings. The van der Waals surface area contributed by atoms with Crippen LogP contribution in [0, 0.1) is 13.8 Å². The number of hydrogen-bond acceptors (Lipinski definition) is 7. The highest BCUT2D eigenvalue weighted by Gasteiger charge is 2.11. The van der Waals surface area contributed by atoms with Gasteiger partial charge < -0.3 is 9.73 Å². The second-order valence-electron chi connectivity index (χ2n) is 6.67. The van der Waals surface area contributed by atoms with Crippen LogP contribution in [0.4, 0.5) is 5.69 Å². The standard InChI is InChI=1S/C21H20N4O2S2/c1-13-7-8-15(11-14(13)2)22-18(26)12-28-21-25-24-19(27-21)9-10-20-23-16-5-3-4-6-17(16)29-20/h3-8,11H,9-10,12H2,1-2H3,(H,22,26). The largest absolute Gasteiger partial charge is 0.416 e. The summed E-state index contributed by atoms with van der Waals surface area (Å²) in [7, 11) is 0. The second-order valence-corrected chi connectivity index (χ2v) is 8.71. The maximum Gasteiger partial charge on any atom is 0.277 e. The van der Waals surface area contributed by atoms with Gasteiger partial charge in [-0.2, -0.15) is 0 Å². The van der Waals surface area contributed by atoms with E-state index in [4.69, 9.17) is 4.42 Å². The number of aromatic nitrogens is 3. The van der Waals surface area contributed by atoms with E-state index >= 15 is 0 Å². The summed E-state index contributed by atoms with van der Waals surface area (Å²) in [5, 5.41) is 12.4. The smallest absolute Gasteiger partial charge is 0.277 e. The van der Waals surface area contributed by atoms with Crippen LogP contribution in [0.3, 0.4) is 0 Å². The molecule has 0 saturated heterocycles. The molecule has 0 fully saturated rings. The van der Waals surface area contributed by atoms with Gasteiger partial charge in [-0.05, 0) is 49.2 Å². The summed E-state index contributed by atoms with van der Waals surface area (Å²) in [5.74, 6) is 0.667. The van der Waals surface area contributed by atoms with Crippen molar-refractivity contribution in [2.45, 2.75) is 31.9 Å². The van der Waals surface area contributed by atoms with Crippen molar-refractivity contribution in [2.24, 2.45) is 0 Å². The van der Waals surface area contributed by atoms with Gasteiger partial charge in [0.2, 0.25) is 11.8 Å². The van der Waals surface area contributed by atoms with E-state index in [0.717, 1.165) is 28.2 Å². The summed E-state index contributed by atoms with van der Waals surface area (Å²) in [5.41, 5.74) is 4.15. The van der Waals surface area contributed by atoms with Gasteiger partial charge in [0, 0.05) is 18.5 Å². The van der Waals surface area contributed by atoms with Crippen molar-refractivity contribution < 1.29 is 9.21 Å². The van der Waals surface area contributed by atoms with Crippen molar-refractivity contribution >= 4 is 44.9 Å². The number of nitrogens with zero attached hydrogens (tertiary/aromatic N) is 3. The SMILES string of the molecule is Cc1ccc(NC(=O)CSc2nnc(CCc3nc4ccccc4s3)o2)cc1C. The van der Waals surface area contributed by atoms with Crippen LogP contribution in [0.25, 0.3) is 10.2 Å². The van der Waals surface area contributed by atoms with E-state index in [9.17, 15) is 4.79 Å². The normalized spacial score (nSPS) is 11.1. The Bertz CT molecular complexity index is 1120. The minimum Gasteiger partial charge on any atom is -0.416 e. The minimum absolute atomic E-state index is 0.104. The molecular formula is C21H20N4O2S2. The lowest BCUT2D eigenvalue weighted by molar-refractivity contribution is -0.113. The Hall–Kier alpha value is -2.71. The fraction of sp³-hybridized carbons (Fsp3) is 0.238. The zero-order valence-electron chi connectivity index (χ0n) is 16.1. The average Bonchev–Trinajstić information content (AvgIpc) is 3.34. The summed E-state index contributed by atoms with van der Waals surface area (Å²) in [6.07, 6.45) is 1.38. The van der Waals surface area contributed by atoms with Gasteiger partial charge in [0.05, 0.1) is 21.0 Å². The number of carbonyl (C=O) groups excluding carboxylic acids is 1. The zero-order chi connectivity index (χ0) is 20.2. The summed E-state index contributed by atoms with van der Waals surface area (Å²) >= 11 is 2.92. The number of nitrogens with one attached hydrogen (secondary N) is 1. The monoisotopic (exact) mass is 424 g/mol. The van der Waals surface area contributed by atoms with E-state index in [2.05, 4.69) is 26.6 Å². The predicted molar refractivity (Wildman–Crippen MR) is 117 cm³/mol. The molecule has 0 aliphatic rings. The summed E-state index contributed by atoms with van der Waals surface area (Å²) in [4.78, 5) is 16.8. The van der Waals surface area contributed by atoms with Gasteiger partial charge in [-0.3, -0.25) is 4.79 Å². The molecule has 0 saturated carbocycles. The Balaban J connectivity index is 1.27. The van der Waals surface area contributed by atoms with E-state index in [1.165, 1.54) is 22.0 Å². The van der Waals surface area contributed by atoms with Crippen molar-refractivity contribution in [1.82, 2.24) is 15.2 Å². The van der Waals surface area contributed by atoms with E-state index in [1.807, 2.05) is 50.2 Å². The molecule has 0 bridgehead atoms. The van der Waals surface area contributed by atoms with Crippen molar-refractivity contribution in [3.8, 4) is 0 Å². The fourth-order valence-corrected chi connectivity index (χ4v) is 4.33. The van der Waals surface area contributed by atoms with Crippen LogP contribution in [-0.2, 0) is 17.6 Å². The van der Waals surface area contributed by atoms with Crippen molar-refractivity contribution in [2.75, 3.05) is 11.1 Å². The van der Waals surface area contributed by atoms with Crippen LogP contribution in [0.5, 0.6) is 0 Å². The van der Waals surface area contributed by atoms with Gasteiger partial charge in [-0.1, -0.05) is 30.0 Å². The van der Waals surface area contributed by atoms with Gasteiger partial charge in [-0.15, -0.1) is 21.5 Å². The lowest BCUT2D eigenvalue weighted by Crippen LogP contribution is -2.14. The Kier molecular flexibility index (Phi) is 5.92. The molecule has 8 heteroatoms. The molecule has 2 heterocycles. The minimum atomic E-state index is -0.104. The van der Waals surface area contributed by atoms with Crippen LogP contribution >= 0.6 is 23.1 Å². The molecule has 4 rings (SSSR count). The first kappa shape index (κ1) is 19.6. The number of para-hydroxylation sites is 1. The first-order valence-corrected chi connectivity index (χ1v) is 11.0. The Morgan fingerprint density at radius 3 is 2.79 bits per heavy atom. The van der Waals surface area contributed by atoms with Gasteiger partial charge in [-0.25, -0.2) is 4.98 Å². The number of carbonyl (C=O) groups is 1. The van der Waals surface area contributed by atoms with Gasteiger partial charge >= 0.3 is 0 Å². The fourth-order valence-electron chi connectivity index (χ4n) is 2.78. The lowest BCUT2D eigenvalue weighted by Gasteiger charge is -2.06. The Labute approximate surface area is 176 Å². The third-order valence-electron chi connectivity index (χ3n) is 4.46. The number of fused-ring (bicyclic) bond motifs is 1. The van der Waals surface area contributed by atoms with E-state index in [1.54, 1.807) is 11.3 Å². The van der Waals surface area contributed by atoms with Gasteiger partial charge in [0.25, 0.3) is 5.22 Å². The molecule has 0 spiro atoms. The Morgan fingerprint density at radius 1 is 1.10 bits per heavy atom. The molecule has 0 aliphatic heterocycles. The number of thiazole rings is 1. The number of benzene rings is 2. The summed E-state index contributed by atoms with van der Waals surface area (Å²) in [6.45, 7) is 4.06. The molecule has 2 aromatic heterocycles. The van der Waals surface area contributed by atoms with Gasteiger partial charge in [0.15, 0.2) is 0 Å². The third-order valence-corrected chi connectivity index (χ3v) is 6.37. The average molecular weight is 425 g/mol. The third kappa shape index (κ3) is 5.02. The number of thioether (sulfide) groups is 1. The van der Waals surface area contributed by atoms with E-state index in [-0.39, 0.29) is 11.7 Å². The van der Waals surface area contributed by atoms with Crippen LogP contribution in [0.2, 0.25) is 0 Å². The topological polar surface area (TPSA) is 80.9 Å². The molecule has 148 valence electrons. The highest BCUT2D eigenvalue weighted by Crippen LogP contribution is 2.23. The highest BCUT2D eigenvalue weighted by molar-refractivity contribution is 7.99. The molecule has 29 heavy (non-hydrogen) atoms. The van der Waals surface area contributed by atoms with Crippen LogP contribution < -0.4 is 5.32 Å². The highest BCUT2D eigenvalue weighted by atomic mass is 32.2. The van der Waals surface area contributed by atoms with Crippen molar-refractivity contribution in [1.29, 1.82) is 0 Å². The lowest BCUT2D eigenvalue weighted by atomic mass is 10.1. The number of hydrogen-bond donors (Lipinski definition) is 1. The quantitative estimate of drug-likeness (QED) is 0.429. The predicted octanol–water partition coefficient (Wildman–Crippen LogP) is 4.81. The number of amides is 1. The number of anilines is 1. The molecule has 0 atom stereocenters. The maximum atomic E-state index is 12.2. The first-order chi connectivity index (χ1) is 14.1. The molecule has 0 aliphatic carbocycles. The zero-order valence-corrected chi connectivity index (χ0v) is 17.8. The molecule has 0 unspecified atom stereocenters. The first-order valence-electron chi connectivity index (χ1n) is 9.23. The molecule has 1 N–H and O–H groups in total. The molecule has 0 radical (unpaired) electrons. The second kappa shape index (κ2) is 8.75. The summed E-state index contributed by atoms with van der Waals surface area (Å²) in [6, 6.07) is 13.9. The van der Waals surface area contributed by atoms with E-state index in [0.29, 0.717) is 17.5 Å². The van der Waals surface area contributed by atoms with Crippen LogP contribution in [0.1, 0.15) is 22.0 Å².